The van der Waals surface area contributed by atoms with Crippen LogP contribution in [0.4, 0.5) is 23.2 Å². The van der Waals surface area contributed by atoms with Gasteiger partial charge < -0.3 is 19.5 Å². The van der Waals surface area contributed by atoms with Crippen molar-refractivity contribution in [3.8, 4) is 5.75 Å². The average Bonchev–Trinajstić information content (AvgIpc) is 2.72. The highest BCUT2D eigenvalue weighted by atomic mass is 19.4. The molecule has 0 spiro atoms. The molecule has 5 nitrogen and oxygen atoms in total. The largest absolute Gasteiger partial charge is 0.496 e. The number of rotatable bonds is 9. The third-order valence-corrected chi connectivity index (χ3v) is 4.82. The first-order valence-corrected chi connectivity index (χ1v) is 9.56. The number of benzene rings is 2. The summed E-state index contributed by atoms with van der Waals surface area (Å²) in [6.07, 6.45) is -3.48. The van der Waals surface area contributed by atoms with Crippen molar-refractivity contribution in [1.82, 2.24) is 4.90 Å². The van der Waals surface area contributed by atoms with Gasteiger partial charge in [-0.3, -0.25) is 0 Å². The van der Waals surface area contributed by atoms with Crippen LogP contribution in [0.5, 0.6) is 5.75 Å². The molecule has 0 bridgehead atoms. The number of aliphatic hydroxyl groups is 1. The van der Waals surface area contributed by atoms with Gasteiger partial charge >= 0.3 is 6.18 Å². The van der Waals surface area contributed by atoms with Crippen LogP contribution in [0.2, 0.25) is 0 Å². The Morgan fingerprint density at radius 2 is 1.81 bits per heavy atom. The van der Waals surface area contributed by atoms with Crippen LogP contribution in [0.25, 0.3) is 0 Å². The Balaban J connectivity index is 2.36. The number of alkyl halides is 3. The number of nitrogens with zero attached hydrogens (tertiary/aromatic N) is 2. The molecule has 31 heavy (non-hydrogen) atoms. The Labute approximate surface area is 178 Å². The molecule has 1 N–H and O–H groups in total. The Morgan fingerprint density at radius 1 is 1.16 bits per heavy atom. The Kier molecular flexibility index (Phi) is 8.02. The summed E-state index contributed by atoms with van der Waals surface area (Å²) in [7, 11) is 3.03. The van der Waals surface area contributed by atoms with Crippen LogP contribution >= 0.6 is 0 Å². The molecule has 0 saturated carbocycles. The maximum Gasteiger partial charge on any atom is 0.423 e. The van der Waals surface area contributed by atoms with Gasteiger partial charge in [0.2, 0.25) is 5.60 Å². The van der Waals surface area contributed by atoms with Crippen LogP contribution in [0.15, 0.2) is 41.4 Å². The SMILES string of the molecule is CCN(C)/C=N/c1cc(OC)c(C(O)(COCc2ccc(F)cc2)C(F)(F)F)cc1C. The highest BCUT2D eigenvalue weighted by molar-refractivity contribution is 5.65. The number of aliphatic imine (C=N–C) groups is 1. The smallest absolute Gasteiger partial charge is 0.423 e. The fourth-order valence-electron chi connectivity index (χ4n) is 2.76. The van der Waals surface area contributed by atoms with Crippen LogP contribution in [0.1, 0.15) is 23.6 Å². The fourth-order valence-corrected chi connectivity index (χ4v) is 2.76. The van der Waals surface area contributed by atoms with E-state index in [1.165, 1.54) is 43.5 Å². The zero-order valence-corrected chi connectivity index (χ0v) is 17.8. The van der Waals surface area contributed by atoms with Gasteiger partial charge in [0, 0.05) is 25.2 Å². The third-order valence-electron chi connectivity index (χ3n) is 4.82. The predicted molar refractivity (Wildman–Crippen MR) is 110 cm³/mol. The summed E-state index contributed by atoms with van der Waals surface area (Å²) in [5, 5.41) is 10.7. The van der Waals surface area contributed by atoms with E-state index in [-0.39, 0.29) is 12.4 Å². The molecule has 9 heteroatoms. The lowest BCUT2D eigenvalue weighted by Crippen LogP contribution is -2.46. The van der Waals surface area contributed by atoms with Gasteiger partial charge in [-0.1, -0.05) is 12.1 Å². The molecule has 2 aromatic carbocycles. The van der Waals surface area contributed by atoms with Gasteiger partial charge in [0.05, 0.1) is 32.3 Å². The summed E-state index contributed by atoms with van der Waals surface area (Å²) in [5.74, 6) is -0.634. The topological polar surface area (TPSA) is 54.3 Å². The Bertz CT molecular complexity index is 901. The molecule has 2 aromatic rings. The summed E-state index contributed by atoms with van der Waals surface area (Å²) in [5.41, 5.74) is -2.47. The molecule has 0 aliphatic rings. The van der Waals surface area contributed by atoms with Gasteiger partial charge in [-0.25, -0.2) is 9.38 Å². The minimum Gasteiger partial charge on any atom is -0.496 e. The third kappa shape index (κ3) is 5.95. The van der Waals surface area contributed by atoms with E-state index in [2.05, 4.69) is 4.99 Å². The Morgan fingerprint density at radius 3 is 2.35 bits per heavy atom. The molecular weight excluding hydrogens is 416 g/mol. The molecule has 0 amide bonds. The highest BCUT2D eigenvalue weighted by Gasteiger charge is 2.56. The van der Waals surface area contributed by atoms with Crippen molar-refractivity contribution in [1.29, 1.82) is 0 Å². The summed E-state index contributed by atoms with van der Waals surface area (Å²) in [6, 6.07) is 7.69. The van der Waals surface area contributed by atoms with Gasteiger partial charge in [0.15, 0.2) is 0 Å². The van der Waals surface area contributed by atoms with Crippen LogP contribution in [-0.2, 0) is 16.9 Å². The molecule has 0 heterocycles. The minimum absolute atomic E-state index is 0.165. The summed E-state index contributed by atoms with van der Waals surface area (Å²) < 4.78 is 65.2. The number of ether oxygens (including phenoxy) is 2. The number of aryl methyl sites for hydroxylation is 1. The predicted octanol–water partition coefficient (Wildman–Crippen LogP) is 4.72. The van der Waals surface area contributed by atoms with Gasteiger partial charge in [-0.15, -0.1) is 0 Å². The molecule has 0 aliphatic heterocycles. The molecule has 0 fully saturated rings. The van der Waals surface area contributed by atoms with Crippen molar-refractivity contribution in [3.05, 3.63) is 58.9 Å². The number of hydrogen-bond donors (Lipinski definition) is 1. The van der Waals surface area contributed by atoms with E-state index in [4.69, 9.17) is 9.47 Å². The fraction of sp³-hybridized carbons (Fsp3) is 0.409. The van der Waals surface area contributed by atoms with Crippen molar-refractivity contribution >= 4 is 12.0 Å². The highest BCUT2D eigenvalue weighted by Crippen LogP contribution is 2.45. The quantitative estimate of drug-likeness (QED) is 0.347. The summed E-state index contributed by atoms with van der Waals surface area (Å²) in [4.78, 5) is 6.08. The van der Waals surface area contributed by atoms with E-state index < -0.39 is 29.8 Å². The molecular formula is C22H26F4N2O3. The number of hydrogen-bond acceptors (Lipinski definition) is 4. The van der Waals surface area contributed by atoms with Gasteiger partial charge in [-0.05, 0) is 43.2 Å². The second-order valence-electron chi connectivity index (χ2n) is 7.13. The average molecular weight is 442 g/mol. The second kappa shape index (κ2) is 10.1. The van der Waals surface area contributed by atoms with Crippen LogP contribution < -0.4 is 4.74 Å². The first kappa shape index (κ1) is 24.6. The van der Waals surface area contributed by atoms with Gasteiger partial charge in [-0.2, -0.15) is 13.2 Å². The molecule has 0 radical (unpaired) electrons. The monoisotopic (exact) mass is 442 g/mol. The van der Waals surface area contributed by atoms with Gasteiger partial charge in [0.25, 0.3) is 0 Å². The molecule has 1 atom stereocenters. The standard InChI is InChI=1S/C22H26F4N2O3/c1-5-28(3)14-27-19-11-20(30-4)18(10-15(19)2)21(29,22(24,25)26)13-31-12-16-6-8-17(23)9-7-16/h6-11,14,29H,5,12-13H2,1-4H3/b27-14+. The Hall–Kier alpha value is -2.65. The van der Waals surface area contributed by atoms with Crippen molar-refractivity contribution in [2.75, 3.05) is 27.3 Å². The van der Waals surface area contributed by atoms with Gasteiger partial charge in [0.1, 0.15) is 11.6 Å². The summed E-state index contributed by atoms with van der Waals surface area (Å²) >= 11 is 0. The van der Waals surface area contributed by atoms with Crippen molar-refractivity contribution < 1.29 is 32.1 Å². The van der Waals surface area contributed by atoms with E-state index in [0.717, 1.165) is 0 Å². The molecule has 0 saturated heterocycles. The summed E-state index contributed by atoms with van der Waals surface area (Å²) in [6.45, 7) is 2.93. The van der Waals surface area contributed by atoms with E-state index >= 15 is 0 Å². The molecule has 2 rings (SSSR count). The number of methoxy groups -OCH3 is 1. The normalized spacial score (nSPS) is 14.0. The van der Waals surface area contributed by atoms with E-state index in [9.17, 15) is 22.7 Å². The zero-order valence-electron chi connectivity index (χ0n) is 17.8. The maximum absolute atomic E-state index is 13.9. The lowest BCUT2D eigenvalue weighted by molar-refractivity contribution is -0.283. The molecule has 0 aromatic heterocycles. The maximum atomic E-state index is 13.9. The van der Waals surface area contributed by atoms with Crippen molar-refractivity contribution in [3.63, 3.8) is 0 Å². The first-order chi connectivity index (χ1) is 14.5. The van der Waals surface area contributed by atoms with Crippen LogP contribution in [0.3, 0.4) is 0 Å². The molecule has 0 aliphatic carbocycles. The number of halogens is 4. The van der Waals surface area contributed by atoms with Crippen molar-refractivity contribution in [2.24, 2.45) is 4.99 Å². The minimum atomic E-state index is -5.04. The molecule has 170 valence electrons. The van der Waals surface area contributed by atoms with Crippen molar-refractivity contribution in [2.45, 2.75) is 32.2 Å². The molecule has 1 unspecified atom stereocenters. The zero-order chi connectivity index (χ0) is 23.2. The lowest BCUT2D eigenvalue weighted by atomic mass is 9.91. The van der Waals surface area contributed by atoms with E-state index in [1.54, 1.807) is 18.2 Å². The first-order valence-electron chi connectivity index (χ1n) is 9.56. The lowest BCUT2D eigenvalue weighted by Gasteiger charge is -2.32. The van der Waals surface area contributed by atoms with E-state index in [0.29, 0.717) is 23.4 Å². The van der Waals surface area contributed by atoms with Crippen LogP contribution in [0, 0.1) is 12.7 Å². The van der Waals surface area contributed by atoms with Crippen LogP contribution in [-0.4, -0.2) is 49.8 Å². The van der Waals surface area contributed by atoms with E-state index in [1.807, 2.05) is 14.0 Å². The second-order valence-corrected chi connectivity index (χ2v) is 7.13.